The molecule has 2 N–H and O–H groups in total. The SMILES string of the molecule is COCC(O)CNc1ccc(F)c(C(F)(F)F)c1. The predicted octanol–water partition coefficient (Wildman–Crippen LogP) is 2.26. The highest BCUT2D eigenvalue weighted by molar-refractivity contribution is 5.47. The Kier molecular flexibility index (Phi) is 4.92. The van der Waals surface area contributed by atoms with E-state index in [2.05, 4.69) is 10.1 Å². The minimum absolute atomic E-state index is 0.0107. The third kappa shape index (κ3) is 4.15. The van der Waals surface area contributed by atoms with Gasteiger partial charge in [-0.25, -0.2) is 4.39 Å². The Morgan fingerprint density at radius 2 is 2.06 bits per heavy atom. The topological polar surface area (TPSA) is 41.5 Å². The maximum absolute atomic E-state index is 13.0. The second-order valence-corrected chi connectivity index (χ2v) is 3.68. The summed E-state index contributed by atoms with van der Waals surface area (Å²) >= 11 is 0. The highest BCUT2D eigenvalue weighted by Crippen LogP contribution is 2.32. The lowest BCUT2D eigenvalue weighted by molar-refractivity contribution is -0.139. The summed E-state index contributed by atoms with van der Waals surface area (Å²) in [6, 6.07) is 2.56. The molecular weight excluding hydrogens is 254 g/mol. The molecule has 0 aliphatic carbocycles. The summed E-state index contributed by atoms with van der Waals surface area (Å²) in [7, 11) is 1.39. The van der Waals surface area contributed by atoms with Crippen LogP contribution >= 0.6 is 0 Å². The van der Waals surface area contributed by atoms with E-state index >= 15 is 0 Å². The van der Waals surface area contributed by atoms with Gasteiger partial charge in [-0.2, -0.15) is 13.2 Å². The van der Waals surface area contributed by atoms with Crippen LogP contribution in [-0.4, -0.2) is 31.5 Å². The van der Waals surface area contributed by atoms with Gasteiger partial charge in [0.15, 0.2) is 0 Å². The van der Waals surface area contributed by atoms with Gasteiger partial charge in [0.2, 0.25) is 0 Å². The normalized spacial score (nSPS) is 13.4. The summed E-state index contributed by atoms with van der Waals surface area (Å²) in [5.41, 5.74) is -1.26. The third-order valence-electron chi connectivity index (χ3n) is 2.17. The van der Waals surface area contributed by atoms with E-state index in [-0.39, 0.29) is 18.8 Å². The van der Waals surface area contributed by atoms with Gasteiger partial charge in [0, 0.05) is 19.3 Å². The van der Waals surface area contributed by atoms with Crippen LogP contribution in [-0.2, 0) is 10.9 Å². The predicted molar refractivity (Wildman–Crippen MR) is 57.8 cm³/mol. The highest BCUT2D eigenvalue weighted by Gasteiger charge is 2.34. The Hall–Kier alpha value is -1.34. The fourth-order valence-electron chi connectivity index (χ4n) is 1.34. The largest absolute Gasteiger partial charge is 0.419 e. The Balaban J connectivity index is 2.74. The summed E-state index contributed by atoms with van der Waals surface area (Å²) in [6.07, 6.45) is -5.60. The zero-order valence-electron chi connectivity index (χ0n) is 9.59. The van der Waals surface area contributed by atoms with Gasteiger partial charge in [0.25, 0.3) is 0 Å². The molecule has 0 aromatic heterocycles. The lowest BCUT2D eigenvalue weighted by Gasteiger charge is -2.14. The van der Waals surface area contributed by atoms with Crippen molar-refractivity contribution < 1.29 is 27.4 Å². The van der Waals surface area contributed by atoms with Crippen LogP contribution in [0.3, 0.4) is 0 Å². The van der Waals surface area contributed by atoms with Gasteiger partial charge >= 0.3 is 6.18 Å². The van der Waals surface area contributed by atoms with Crippen molar-refractivity contribution in [2.75, 3.05) is 25.6 Å². The van der Waals surface area contributed by atoms with Crippen molar-refractivity contribution in [3.63, 3.8) is 0 Å². The van der Waals surface area contributed by atoms with E-state index in [1.165, 1.54) is 13.2 Å². The van der Waals surface area contributed by atoms with Crippen molar-refractivity contribution in [2.45, 2.75) is 12.3 Å². The first-order chi connectivity index (χ1) is 8.34. The Morgan fingerprint density at radius 1 is 1.39 bits per heavy atom. The number of anilines is 1. The fraction of sp³-hybridized carbons (Fsp3) is 0.455. The molecule has 0 saturated heterocycles. The lowest BCUT2D eigenvalue weighted by atomic mass is 10.1. The number of rotatable bonds is 5. The summed E-state index contributed by atoms with van der Waals surface area (Å²) in [6.45, 7) is 0.0666. The van der Waals surface area contributed by atoms with E-state index in [1.54, 1.807) is 0 Å². The molecule has 0 heterocycles. The molecule has 1 aromatic rings. The van der Waals surface area contributed by atoms with E-state index in [0.717, 1.165) is 6.07 Å². The van der Waals surface area contributed by atoms with Crippen LogP contribution in [0, 0.1) is 5.82 Å². The monoisotopic (exact) mass is 267 g/mol. The van der Waals surface area contributed by atoms with Crippen molar-refractivity contribution >= 4 is 5.69 Å². The molecular formula is C11H13F4NO2. The van der Waals surface area contributed by atoms with Gasteiger partial charge in [0.05, 0.1) is 18.3 Å². The highest BCUT2D eigenvalue weighted by atomic mass is 19.4. The Bertz CT molecular complexity index is 395. The number of nitrogens with one attached hydrogen (secondary N) is 1. The van der Waals surface area contributed by atoms with Crippen molar-refractivity contribution in [2.24, 2.45) is 0 Å². The third-order valence-corrected chi connectivity index (χ3v) is 2.17. The van der Waals surface area contributed by atoms with Crippen molar-refractivity contribution in [1.82, 2.24) is 0 Å². The summed E-state index contributed by atoms with van der Waals surface area (Å²) in [5, 5.41) is 11.9. The van der Waals surface area contributed by atoms with Gasteiger partial charge in [-0.1, -0.05) is 0 Å². The molecule has 0 amide bonds. The minimum atomic E-state index is -4.74. The van der Waals surface area contributed by atoms with Crippen molar-refractivity contribution in [1.29, 1.82) is 0 Å². The molecule has 0 aliphatic rings. The quantitative estimate of drug-likeness (QED) is 0.804. The zero-order chi connectivity index (χ0) is 13.8. The maximum atomic E-state index is 13.0. The average molecular weight is 267 g/mol. The van der Waals surface area contributed by atoms with Gasteiger partial charge in [-0.3, -0.25) is 0 Å². The van der Waals surface area contributed by atoms with E-state index < -0.39 is 23.7 Å². The number of alkyl halides is 3. The van der Waals surface area contributed by atoms with Gasteiger partial charge in [-0.05, 0) is 18.2 Å². The molecule has 0 saturated carbocycles. The minimum Gasteiger partial charge on any atom is -0.389 e. The number of methoxy groups -OCH3 is 1. The number of halogens is 4. The van der Waals surface area contributed by atoms with Crippen molar-refractivity contribution in [3.8, 4) is 0 Å². The van der Waals surface area contributed by atoms with Gasteiger partial charge in [0.1, 0.15) is 5.82 Å². The number of hydrogen-bond acceptors (Lipinski definition) is 3. The number of hydrogen-bond donors (Lipinski definition) is 2. The first kappa shape index (κ1) is 14.7. The number of benzene rings is 1. The van der Waals surface area contributed by atoms with E-state index in [0.29, 0.717) is 6.07 Å². The molecule has 0 fully saturated rings. The van der Waals surface area contributed by atoms with Gasteiger partial charge < -0.3 is 15.2 Å². The van der Waals surface area contributed by atoms with Crippen molar-refractivity contribution in [3.05, 3.63) is 29.6 Å². The molecule has 7 heteroatoms. The Morgan fingerprint density at radius 3 is 2.61 bits per heavy atom. The molecule has 1 aromatic carbocycles. The molecule has 0 aliphatic heterocycles. The smallest absolute Gasteiger partial charge is 0.389 e. The van der Waals surface area contributed by atoms with Crippen LogP contribution < -0.4 is 5.32 Å². The molecule has 3 nitrogen and oxygen atoms in total. The molecule has 1 atom stereocenters. The molecule has 0 spiro atoms. The van der Waals surface area contributed by atoms with Crippen LogP contribution in [0.25, 0.3) is 0 Å². The molecule has 1 unspecified atom stereocenters. The molecule has 18 heavy (non-hydrogen) atoms. The Labute approximate surface area is 101 Å². The van der Waals surface area contributed by atoms with E-state index in [9.17, 15) is 22.7 Å². The second kappa shape index (κ2) is 6.01. The van der Waals surface area contributed by atoms with Gasteiger partial charge in [-0.15, -0.1) is 0 Å². The van der Waals surface area contributed by atoms with Crippen LogP contribution in [0.5, 0.6) is 0 Å². The summed E-state index contributed by atoms with van der Waals surface area (Å²) in [5.74, 6) is -1.33. The first-order valence-corrected chi connectivity index (χ1v) is 5.12. The fourth-order valence-corrected chi connectivity index (χ4v) is 1.34. The first-order valence-electron chi connectivity index (χ1n) is 5.12. The zero-order valence-corrected chi connectivity index (χ0v) is 9.59. The lowest BCUT2D eigenvalue weighted by Crippen LogP contribution is -2.24. The van der Waals surface area contributed by atoms with Crippen LogP contribution in [0.4, 0.5) is 23.2 Å². The average Bonchev–Trinajstić information content (AvgIpc) is 2.27. The summed E-state index contributed by atoms with van der Waals surface area (Å²) < 4.78 is 54.9. The number of aliphatic hydroxyl groups is 1. The van der Waals surface area contributed by atoms with E-state index in [1.807, 2.05) is 0 Å². The summed E-state index contributed by atoms with van der Waals surface area (Å²) in [4.78, 5) is 0. The van der Waals surface area contributed by atoms with Crippen LogP contribution in [0.1, 0.15) is 5.56 Å². The molecule has 1 rings (SSSR count). The molecule has 0 bridgehead atoms. The van der Waals surface area contributed by atoms with E-state index in [4.69, 9.17) is 0 Å². The van der Waals surface area contributed by atoms with Crippen LogP contribution in [0.15, 0.2) is 18.2 Å². The number of ether oxygens (including phenoxy) is 1. The maximum Gasteiger partial charge on any atom is 0.419 e. The second-order valence-electron chi connectivity index (χ2n) is 3.68. The number of aliphatic hydroxyl groups excluding tert-OH is 1. The molecule has 0 radical (unpaired) electrons. The molecule has 102 valence electrons. The standard InChI is InChI=1S/C11H13F4NO2/c1-18-6-8(17)5-16-7-2-3-10(12)9(4-7)11(13,14)15/h2-4,8,16-17H,5-6H2,1H3. The van der Waals surface area contributed by atoms with Crippen LogP contribution in [0.2, 0.25) is 0 Å².